The number of carbonyl (C=O) groups is 1. The number of allylic oxidation sites excluding steroid dienone is 1. The molecule has 4 heterocycles. The van der Waals surface area contributed by atoms with Crippen molar-refractivity contribution in [3.05, 3.63) is 59.6 Å². The van der Waals surface area contributed by atoms with E-state index in [0.29, 0.717) is 5.71 Å². The van der Waals surface area contributed by atoms with Crippen molar-refractivity contribution in [2.45, 2.75) is 51.4 Å². The van der Waals surface area contributed by atoms with Crippen molar-refractivity contribution < 1.29 is 14.3 Å². The van der Waals surface area contributed by atoms with Gasteiger partial charge >= 0.3 is 5.97 Å². The van der Waals surface area contributed by atoms with Crippen molar-refractivity contribution >= 4 is 28.5 Å². The molecule has 6 heteroatoms. The molecule has 1 aliphatic rings. The molecular weight excluding hydrogens is 378 g/mol. The number of carboxylic acid groups (broad SMARTS) is 1. The summed E-state index contributed by atoms with van der Waals surface area (Å²) in [5.74, 6) is 0.134. The molecule has 1 aliphatic heterocycles. The molecule has 0 radical (unpaired) electrons. The topological polar surface area (TPSA) is 88.2 Å². The first-order valence-electron chi connectivity index (χ1n) is 10.7. The maximum Gasteiger partial charge on any atom is 0.328 e. The Kier molecular flexibility index (Phi) is 6.42. The zero-order chi connectivity index (χ0) is 20.8. The average Bonchev–Trinajstić information content (AvgIpc) is 3.23. The number of hydrogen-bond acceptors (Lipinski definition) is 5. The number of aliphatic carboxylic acids is 1. The number of nitrogens with one attached hydrogen (secondary N) is 1. The third-order valence-electron chi connectivity index (χ3n) is 5.56. The number of fused-ring (bicyclic) bond motifs is 2. The molecule has 0 atom stereocenters. The lowest BCUT2D eigenvalue weighted by atomic mass is 9.99. The summed E-state index contributed by atoms with van der Waals surface area (Å²) >= 11 is 0. The number of pyridine rings is 2. The summed E-state index contributed by atoms with van der Waals surface area (Å²) in [6.07, 6.45) is 12.8. The van der Waals surface area contributed by atoms with Crippen LogP contribution >= 0.6 is 0 Å². The van der Waals surface area contributed by atoms with Crippen molar-refractivity contribution in [2.24, 2.45) is 0 Å². The van der Waals surface area contributed by atoms with Crippen LogP contribution in [0.2, 0.25) is 0 Å². The van der Waals surface area contributed by atoms with Crippen LogP contribution in [-0.4, -0.2) is 27.6 Å². The summed E-state index contributed by atoms with van der Waals surface area (Å²) < 4.78 is 5.27. The Balaban J connectivity index is 1.26. The molecule has 6 nitrogen and oxygen atoms in total. The minimum absolute atomic E-state index is 0.569. The van der Waals surface area contributed by atoms with Gasteiger partial charge in [-0.15, -0.1) is 0 Å². The smallest absolute Gasteiger partial charge is 0.328 e. The Hall–Kier alpha value is -3.15. The molecule has 4 rings (SSSR count). The van der Waals surface area contributed by atoms with Crippen molar-refractivity contribution in [2.75, 3.05) is 11.9 Å². The fraction of sp³-hybridized carbons (Fsp3) is 0.375. The maximum absolute atomic E-state index is 11.3. The number of unbranched alkanes of at least 4 members (excludes halogenated alkanes) is 3. The van der Waals surface area contributed by atoms with Crippen molar-refractivity contribution in [1.82, 2.24) is 9.97 Å². The SMILES string of the molecule is O=C(O)C=C(CCCCCCc1ccc2c(n1)NCCC2)c1cnc2occc2c1. The van der Waals surface area contributed by atoms with Crippen LogP contribution in [0, 0.1) is 0 Å². The van der Waals surface area contributed by atoms with Crippen molar-refractivity contribution in [3.8, 4) is 0 Å². The van der Waals surface area contributed by atoms with E-state index < -0.39 is 5.97 Å². The van der Waals surface area contributed by atoms with Crippen LogP contribution in [0.4, 0.5) is 5.82 Å². The van der Waals surface area contributed by atoms with Crippen LogP contribution < -0.4 is 5.32 Å². The molecular formula is C24H27N3O3. The Labute approximate surface area is 176 Å². The van der Waals surface area contributed by atoms with Gasteiger partial charge in [-0.1, -0.05) is 18.9 Å². The predicted octanol–water partition coefficient (Wildman–Crippen LogP) is 5.24. The van der Waals surface area contributed by atoms with Gasteiger partial charge in [0, 0.05) is 29.9 Å². The van der Waals surface area contributed by atoms with Gasteiger partial charge in [0.05, 0.1) is 6.26 Å². The van der Waals surface area contributed by atoms with Crippen LogP contribution in [0.5, 0.6) is 0 Å². The Bertz CT molecular complexity index is 1050. The Morgan fingerprint density at radius 2 is 2.10 bits per heavy atom. The summed E-state index contributed by atoms with van der Waals surface area (Å²) in [5, 5.41) is 13.5. The summed E-state index contributed by atoms with van der Waals surface area (Å²) in [4.78, 5) is 20.3. The first-order chi connectivity index (χ1) is 14.7. The molecule has 3 aromatic rings. The lowest BCUT2D eigenvalue weighted by molar-refractivity contribution is -0.131. The largest absolute Gasteiger partial charge is 0.478 e. The van der Waals surface area contributed by atoms with E-state index in [9.17, 15) is 9.90 Å². The molecule has 2 N–H and O–H groups in total. The molecule has 156 valence electrons. The standard InChI is InChI=1S/C24H27N3O3/c28-22(29)15-18(20-14-19-11-13-30-24(19)26-16-20)6-3-1-2-4-8-21-10-9-17-7-5-12-25-23(17)27-21/h9-11,13-16H,1-8,12H2,(H,25,27)(H,28,29). The van der Waals surface area contributed by atoms with Crippen LogP contribution in [-0.2, 0) is 17.6 Å². The van der Waals surface area contributed by atoms with Gasteiger partial charge in [0.25, 0.3) is 0 Å². The van der Waals surface area contributed by atoms with E-state index in [4.69, 9.17) is 9.40 Å². The molecule has 0 saturated carbocycles. The van der Waals surface area contributed by atoms with E-state index in [0.717, 1.165) is 79.5 Å². The minimum atomic E-state index is -0.926. The number of anilines is 1. The summed E-state index contributed by atoms with van der Waals surface area (Å²) in [5.41, 5.74) is 4.69. The van der Waals surface area contributed by atoms with Crippen LogP contribution in [0.3, 0.4) is 0 Å². The molecule has 0 aromatic carbocycles. The fourth-order valence-corrected chi connectivity index (χ4v) is 3.97. The number of carboxylic acids is 1. The highest BCUT2D eigenvalue weighted by molar-refractivity contribution is 5.91. The van der Waals surface area contributed by atoms with Crippen LogP contribution in [0.15, 0.2) is 47.2 Å². The molecule has 30 heavy (non-hydrogen) atoms. The van der Waals surface area contributed by atoms with Gasteiger partial charge in [0.1, 0.15) is 5.82 Å². The molecule has 0 amide bonds. The van der Waals surface area contributed by atoms with Gasteiger partial charge in [-0.05, 0) is 73.4 Å². The van der Waals surface area contributed by atoms with E-state index in [1.165, 1.54) is 18.1 Å². The first kappa shape index (κ1) is 20.1. The molecule has 0 spiro atoms. The number of hydrogen-bond donors (Lipinski definition) is 2. The van der Waals surface area contributed by atoms with Crippen molar-refractivity contribution in [1.29, 1.82) is 0 Å². The second kappa shape index (κ2) is 9.57. The van der Waals surface area contributed by atoms with E-state index in [1.807, 2.05) is 12.1 Å². The van der Waals surface area contributed by atoms with Crippen LogP contribution in [0.1, 0.15) is 55.3 Å². The maximum atomic E-state index is 11.3. The van der Waals surface area contributed by atoms with E-state index >= 15 is 0 Å². The van der Waals surface area contributed by atoms with Gasteiger partial charge in [0.2, 0.25) is 5.71 Å². The van der Waals surface area contributed by atoms with Crippen molar-refractivity contribution in [3.63, 3.8) is 0 Å². The molecule has 3 aromatic heterocycles. The number of aromatic nitrogens is 2. The molecule has 0 saturated heterocycles. The highest BCUT2D eigenvalue weighted by Gasteiger charge is 2.10. The van der Waals surface area contributed by atoms with Gasteiger partial charge < -0.3 is 14.8 Å². The molecule has 0 bridgehead atoms. The quantitative estimate of drug-likeness (QED) is 0.374. The van der Waals surface area contributed by atoms with E-state index in [2.05, 4.69) is 22.4 Å². The second-order valence-electron chi connectivity index (χ2n) is 7.80. The Morgan fingerprint density at radius 1 is 1.20 bits per heavy atom. The summed E-state index contributed by atoms with van der Waals surface area (Å²) in [7, 11) is 0. The average molecular weight is 405 g/mol. The van der Waals surface area contributed by atoms with Gasteiger partial charge in [-0.2, -0.15) is 0 Å². The third kappa shape index (κ3) is 5.06. The highest BCUT2D eigenvalue weighted by atomic mass is 16.4. The lowest BCUT2D eigenvalue weighted by Gasteiger charge is -2.17. The predicted molar refractivity (Wildman–Crippen MR) is 117 cm³/mol. The normalized spacial score (nSPS) is 13.8. The highest BCUT2D eigenvalue weighted by Crippen LogP contribution is 2.25. The van der Waals surface area contributed by atoms with Gasteiger partial charge in [-0.25, -0.2) is 14.8 Å². The van der Waals surface area contributed by atoms with Gasteiger partial charge in [0.15, 0.2) is 0 Å². The lowest BCUT2D eigenvalue weighted by Crippen LogP contribution is -2.13. The summed E-state index contributed by atoms with van der Waals surface area (Å²) in [6.45, 7) is 1.01. The fourth-order valence-electron chi connectivity index (χ4n) is 3.97. The number of aryl methyl sites for hydroxylation is 2. The zero-order valence-electron chi connectivity index (χ0n) is 17.1. The van der Waals surface area contributed by atoms with Crippen LogP contribution in [0.25, 0.3) is 16.7 Å². The minimum Gasteiger partial charge on any atom is -0.478 e. The monoisotopic (exact) mass is 405 g/mol. The second-order valence-corrected chi connectivity index (χ2v) is 7.80. The van der Waals surface area contributed by atoms with E-state index in [1.54, 1.807) is 12.5 Å². The third-order valence-corrected chi connectivity index (χ3v) is 5.56. The number of furan rings is 1. The number of nitrogens with zero attached hydrogens (tertiary/aromatic N) is 2. The first-order valence-corrected chi connectivity index (χ1v) is 10.7. The Morgan fingerprint density at radius 3 is 3.00 bits per heavy atom. The molecule has 0 aliphatic carbocycles. The van der Waals surface area contributed by atoms with Gasteiger partial charge in [-0.3, -0.25) is 0 Å². The zero-order valence-corrected chi connectivity index (χ0v) is 17.1. The number of rotatable bonds is 9. The molecule has 0 fully saturated rings. The van der Waals surface area contributed by atoms with E-state index in [-0.39, 0.29) is 0 Å². The molecule has 0 unspecified atom stereocenters. The summed E-state index contributed by atoms with van der Waals surface area (Å²) in [6, 6.07) is 8.14.